The number of hydrogen-bond acceptors (Lipinski definition) is 4. The van der Waals surface area contributed by atoms with E-state index < -0.39 is 0 Å². The van der Waals surface area contributed by atoms with E-state index in [4.69, 9.17) is 4.74 Å². The molecule has 2 fully saturated rings. The number of ketones is 1. The van der Waals surface area contributed by atoms with Gasteiger partial charge in [0.15, 0.2) is 10.8 Å². The second-order valence-corrected chi connectivity index (χ2v) is 5.40. The highest BCUT2D eigenvalue weighted by molar-refractivity contribution is 9.10. The minimum Gasteiger partial charge on any atom is -0.381 e. The number of fused-ring (bicyclic) bond motifs is 1. The fourth-order valence-corrected chi connectivity index (χ4v) is 3.38. The molecular weight excluding hydrogens is 266 g/mol. The molecule has 2 unspecified atom stereocenters. The number of Topliss-reactive ketones (excluding diaryl/α,β-unsaturated/α-hetero) is 1. The molecule has 1 saturated carbocycles. The van der Waals surface area contributed by atoms with Gasteiger partial charge < -0.3 is 4.74 Å². The first-order valence-corrected chi connectivity index (χ1v) is 6.17. The maximum absolute atomic E-state index is 11.9. The summed E-state index contributed by atoms with van der Waals surface area (Å²) in [6, 6.07) is 0. The predicted octanol–water partition coefficient (Wildman–Crippen LogP) is 1.98. The van der Waals surface area contributed by atoms with Gasteiger partial charge in [-0.05, 0) is 27.8 Å². The molecule has 14 heavy (non-hydrogen) atoms. The zero-order valence-corrected chi connectivity index (χ0v) is 9.68. The average Bonchev–Trinajstić information content (AvgIpc) is 2.56. The molecule has 1 aliphatic heterocycles. The molecule has 0 N–H and O–H groups in total. The van der Waals surface area contributed by atoms with Gasteiger partial charge in [-0.15, -0.1) is 11.3 Å². The lowest BCUT2D eigenvalue weighted by Gasteiger charge is -1.99. The third-order valence-corrected chi connectivity index (χ3v) is 4.51. The Balaban J connectivity index is 1.78. The highest BCUT2D eigenvalue weighted by atomic mass is 79.9. The molecule has 5 heteroatoms. The minimum absolute atomic E-state index is 0.196. The summed E-state index contributed by atoms with van der Waals surface area (Å²) in [4.78, 5) is 16.0. The molecule has 3 rings (SSSR count). The summed E-state index contributed by atoms with van der Waals surface area (Å²) in [5.41, 5.74) is 0. The Labute approximate surface area is 93.6 Å². The van der Waals surface area contributed by atoms with Crippen LogP contribution in [0.4, 0.5) is 0 Å². The molecule has 2 atom stereocenters. The van der Waals surface area contributed by atoms with E-state index in [1.807, 2.05) is 5.38 Å². The summed E-state index contributed by atoms with van der Waals surface area (Å²) in [5, 5.41) is 2.48. The van der Waals surface area contributed by atoms with Crippen LogP contribution in [-0.4, -0.2) is 24.0 Å². The fourth-order valence-electron chi connectivity index (χ4n) is 2.14. The van der Waals surface area contributed by atoms with Crippen LogP contribution in [0.25, 0.3) is 0 Å². The maximum Gasteiger partial charge on any atom is 0.195 e. The van der Waals surface area contributed by atoms with Gasteiger partial charge in [-0.3, -0.25) is 4.79 Å². The Morgan fingerprint density at radius 1 is 1.57 bits per heavy atom. The number of rotatable bonds is 2. The van der Waals surface area contributed by atoms with Crippen molar-refractivity contribution in [3.63, 3.8) is 0 Å². The SMILES string of the molecule is O=C(c1nc(Br)cs1)C1C2COCC21. The number of carbonyl (C=O) groups is 1. The van der Waals surface area contributed by atoms with E-state index in [9.17, 15) is 4.79 Å². The molecule has 0 bridgehead atoms. The zero-order valence-electron chi connectivity index (χ0n) is 7.27. The molecule has 1 aromatic heterocycles. The average molecular weight is 274 g/mol. The van der Waals surface area contributed by atoms with Crippen LogP contribution >= 0.6 is 27.3 Å². The number of thiazole rings is 1. The molecule has 1 aliphatic carbocycles. The van der Waals surface area contributed by atoms with Gasteiger partial charge >= 0.3 is 0 Å². The van der Waals surface area contributed by atoms with E-state index in [2.05, 4.69) is 20.9 Å². The Kier molecular flexibility index (Phi) is 2.00. The maximum atomic E-state index is 11.9. The molecule has 0 radical (unpaired) electrons. The predicted molar refractivity (Wildman–Crippen MR) is 55.4 cm³/mol. The van der Waals surface area contributed by atoms with Gasteiger partial charge in [0.2, 0.25) is 0 Å². The molecule has 0 spiro atoms. The van der Waals surface area contributed by atoms with Crippen molar-refractivity contribution in [2.75, 3.05) is 13.2 Å². The summed E-state index contributed by atoms with van der Waals surface area (Å²) in [6.45, 7) is 1.52. The summed E-state index contributed by atoms with van der Waals surface area (Å²) in [5.74, 6) is 1.36. The highest BCUT2D eigenvalue weighted by Crippen LogP contribution is 2.52. The molecule has 2 heterocycles. The van der Waals surface area contributed by atoms with Gasteiger partial charge in [0.05, 0.1) is 13.2 Å². The largest absolute Gasteiger partial charge is 0.381 e. The standard InChI is InChI=1S/C9H8BrNO2S/c10-6-3-14-9(11-6)8(12)7-4-1-13-2-5(4)7/h3-5,7H,1-2H2. The number of hydrogen-bond donors (Lipinski definition) is 0. The van der Waals surface area contributed by atoms with E-state index in [-0.39, 0.29) is 11.7 Å². The lowest BCUT2D eigenvalue weighted by Crippen LogP contribution is -2.09. The number of ether oxygens (including phenoxy) is 1. The van der Waals surface area contributed by atoms with Gasteiger partial charge in [-0.25, -0.2) is 4.98 Å². The first-order chi connectivity index (χ1) is 6.77. The van der Waals surface area contributed by atoms with Gasteiger partial charge in [0.1, 0.15) is 4.60 Å². The van der Waals surface area contributed by atoms with Crippen molar-refractivity contribution in [1.29, 1.82) is 0 Å². The van der Waals surface area contributed by atoms with E-state index in [1.165, 1.54) is 11.3 Å². The molecule has 74 valence electrons. The van der Waals surface area contributed by atoms with Gasteiger partial charge in [0.25, 0.3) is 0 Å². The Hall–Kier alpha value is -0.260. The number of nitrogens with zero attached hydrogens (tertiary/aromatic N) is 1. The first-order valence-electron chi connectivity index (χ1n) is 4.50. The first kappa shape index (κ1) is 9.00. The number of carbonyl (C=O) groups excluding carboxylic acids is 1. The second kappa shape index (κ2) is 3.12. The number of aromatic nitrogens is 1. The molecule has 3 nitrogen and oxygen atoms in total. The van der Waals surface area contributed by atoms with Crippen LogP contribution < -0.4 is 0 Å². The van der Waals surface area contributed by atoms with Crippen molar-refractivity contribution < 1.29 is 9.53 Å². The van der Waals surface area contributed by atoms with Gasteiger partial charge in [-0.2, -0.15) is 0 Å². The summed E-state index contributed by atoms with van der Waals surface area (Å²) in [7, 11) is 0. The van der Waals surface area contributed by atoms with Crippen LogP contribution in [0.5, 0.6) is 0 Å². The Bertz CT molecular complexity index is 382. The topological polar surface area (TPSA) is 39.2 Å². The highest BCUT2D eigenvalue weighted by Gasteiger charge is 2.58. The molecule has 2 aliphatic rings. The van der Waals surface area contributed by atoms with E-state index >= 15 is 0 Å². The minimum atomic E-state index is 0.196. The number of halogens is 1. The van der Waals surface area contributed by atoms with Crippen molar-refractivity contribution in [2.45, 2.75) is 0 Å². The van der Waals surface area contributed by atoms with Gasteiger partial charge in [0, 0.05) is 11.3 Å². The zero-order chi connectivity index (χ0) is 9.71. The third kappa shape index (κ3) is 1.26. The summed E-state index contributed by atoms with van der Waals surface area (Å²) in [6.07, 6.45) is 0. The summed E-state index contributed by atoms with van der Waals surface area (Å²) >= 11 is 4.67. The molecule has 1 aromatic rings. The molecule has 0 amide bonds. The van der Waals surface area contributed by atoms with Crippen molar-refractivity contribution in [3.8, 4) is 0 Å². The third-order valence-electron chi connectivity index (χ3n) is 2.94. The van der Waals surface area contributed by atoms with Crippen LogP contribution in [0.2, 0.25) is 0 Å². The summed E-state index contributed by atoms with van der Waals surface area (Å²) < 4.78 is 6.01. The lowest BCUT2D eigenvalue weighted by atomic mass is 10.2. The van der Waals surface area contributed by atoms with Crippen LogP contribution in [-0.2, 0) is 4.74 Å². The second-order valence-electron chi connectivity index (χ2n) is 3.73. The van der Waals surface area contributed by atoms with Crippen molar-refractivity contribution in [1.82, 2.24) is 4.98 Å². The fraction of sp³-hybridized carbons (Fsp3) is 0.556. The molecule has 1 saturated heterocycles. The Morgan fingerprint density at radius 2 is 2.29 bits per heavy atom. The van der Waals surface area contributed by atoms with E-state index in [0.717, 1.165) is 17.8 Å². The molecule has 0 aromatic carbocycles. The van der Waals surface area contributed by atoms with Gasteiger partial charge in [-0.1, -0.05) is 0 Å². The quantitative estimate of drug-likeness (QED) is 0.774. The molecular formula is C9H8BrNO2S. The smallest absolute Gasteiger partial charge is 0.195 e. The lowest BCUT2D eigenvalue weighted by molar-refractivity contribution is 0.0893. The van der Waals surface area contributed by atoms with Crippen LogP contribution in [0.15, 0.2) is 9.98 Å². The van der Waals surface area contributed by atoms with E-state index in [1.54, 1.807) is 0 Å². The van der Waals surface area contributed by atoms with Crippen molar-refractivity contribution in [2.24, 2.45) is 17.8 Å². The monoisotopic (exact) mass is 273 g/mol. The normalized spacial score (nSPS) is 34.2. The van der Waals surface area contributed by atoms with E-state index in [0.29, 0.717) is 16.8 Å². The van der Waals surface area contributed by atoms with Crippen molar-refractivity contribution in [3.05, 3.63) is 15.0 Å². The van der Waals surface area contributed by atoms with Crippen LogP contribution in [0, 0.1) is 17.8 Å². The van der Waals surface area contributed by atoms with Crippen LogP contribution in [0.3, 0.4) is 0 Å². The van der Waals surface area contributed by atoms with Crippen LogP contribution in [0.1, 0.15) is 9.80 Å². The van der Waals surface area contributed by atoms with Crippen molar-refractivity contribution >= 4 is 33.0 Å². The Morgan fingerprint density at radius 3 is 2.86 bits per heavy atom.